The van der Waals surface area contributed by atoms with Crippen LogP contribution in [0.1, 0.15) is 19.6 Å². The number of rotatable bonds is 3. The number of hydrogen-bond acceptors (Lipinski definition) is 4. The Morgan fingerprint density at radius 1 is 1.75 bits per heavy atom. The van der Waals surface area contributed by atoms with Gasteiger partial charge in [-0.2, -0.15) is 0 Å². The minimum absolute atomic E-state index is 0.147. The summed E-state index contributed by atoms with van der Waals surface area (Å²) >= 11 is 0. The van der Waals surface area contributed by atoms with E-state index in [-0.39, 0.29) is 17.3 Å². The zero-order valence-corrected chi connectivity index (χ0v) is 9.66. The van der Waals surface area contributed by atoms with Gasteiger partial charge in [-0.1, -0.05) is 6.92 Å². The summed E-state index contributed by atoms with van der Waals surface area (Å²) < 4.78 is 10.5. The molecule has 2 heterocycles. The zero-order chi connectivity index (χ0) is 11.6. The van der Waals surface area contributed by atoms with Crippen LogP contribution in [0.25, 0.3) is 0 Å². The van der Waals surface area contributed by atoms with Gasteiger partial charge in [0.05, 0.1) is 24.2 Å². The Labute approximate surface area is 95.0 Å². The van der Waals surface area contributed by atoms with Crippen LogP contribution >= 0.6 is 0 Å². The fourth-order valence-corrected chi connectivity index (χ4v) is 2.27. The maximum Gasteiger partial charge on any atom is 0.311 e. The smallest absolute Gasteiger partial charge is 0.311 e. The first kappa shape index (κ1) is 11.2. The maximum absolute atomic E-state index is 11.9. The third kappa shape index (κ3) is 1.73. The van der Waals surface area contributed by atoms with E-state index in [1.54, 1.807) is 6.26 Å². The number of ether oxygens (including phenoxy) is 1. The molecule has 2 atom stereocenters. The molecule has 16 heavy (non-hydrogen) atoms. The number of carbonyl (C=O) groups excluding carboxylic acids is 1. The molecule has 1 N–H and O–H groups in total. The van der Waals surface area contributed by atoms with Crippen LogP contribution in [0, 0.1) is 5.92 Å². The van der Waals surface area contributed by atoms with Gasteiger partial charge in [-0.05, 0) is 19.1 Å². The van der Waals surface area contributed by atoms with Crippen molar-refractivity contribution in [3.63, 3.8) is 0 Å². The summed E-state index contributed by atoms with van der Waals surface area (Å²) in [5.41, 5.74) is -0.296. The van der Waals surface area contributed by atoms with E-state index >= 15 is 0 Å². The molecule has 4 heteroatoms. The van der Waals surface area contributed by atoms with Crippen LogP contribution in [0.15, 0.2) is 22.8 Å². The average Bonchev–Trinajstić information content (AvgIpc) is 2.86. The third-order valence-electron chi connectivity index (χ3n) is 3.26. The first-order valence-corrected chi connectivity index (χ1v) is 5.60. The van der Waals surface area contributed by atoms with Crippen LogP contribution in [0.5, 0.6) is 0 Å². The lowest BCUT2D eigenvalue weighted by molar-refractivity contribution is -0.149. The lowest BCUT2D eigenvalue weighted by Gasteiger charge is -2.26. The van der Waals surface area contributed by atoms with E-state index in [4.69, 9.17) is 9.15 Å². The van der Waals surface area contributed by atoms with Crippen molar-refractivity contribution in [3.8, 4) is 0 Å². The van der Waals surface area contributed by atoms with Gasteiger partial charge in [0.25, 0.3) is 0 Å². The van der Waals surface area contributed by atoms with E-state index in [9.17, 15) is 4.79 Å². The van der Waals surface area contributed by atoms with E-state index in [0.29, 0.717) is 13.2 Å². The fourth-order valence-electron chi connectivity index (χ4n) is 2.27. The van der Waals surface area contributed by atoms with Gasteiger partial charge in [0.1, 0.15) is 5.76 Å². The molecule has 0 aliphatic carbocycles. The highest BCUT2D eigenvalue weighted by molar-refractivity contribution is 5.75. The molecule has 0 radical (unpaired) electrons. The Morgan fingerprint density at radius 3 is 3.19 bits per heavy atom. The second kappa shape index (κ2) is 4.29. The summed E-state index contributed by atoms with van der Waals surface area (Å²) in [6.45, 7) is 5.67. The first-order valence-electron chi connectivity index (χ1n) is 5.60. The molecular weight excluding hydrogens is 206 g/mol. The van der Waals surface area contributed by atoms with Gasteiger partial charge in [0.15, 0.2) is 0 Å². The Hall–Kier alpha value is -1.29. The maximum atomic E-state index is 11.9. The van der Waals surface area contributed by atoms with Gasteiger partial charge in [-0.25, -0.2) is 0 Å². The number of furan rings is 1. The third-order valence-corrected chi connectivity index (χ3v) is 3.26. The second-order valence-corrected chi connectivity index (χ2v) is 4.33. The topological polar surface area (TPSA) is 51.5 Å². The van der Waals surface area contributed by atoms with Crippen molar-refractivity contribution in [2.24, 2.45) is 5.92 Å². The summed E-state index contributed by atoms with van der Waals surface area (Å²) in [5.74, 6) is 0.528. The number of nitrogens with one attached hydrogen (secondary N) is 1. The number of hydrogen-bond donors (Lipinski definition) is 1. The highest BCUT2D eigenvalue weighted by Gasteiger charge is 2.47. The quantitative estimate of drug-likeness (QED) is 0.785. The molecular formula is C12H17NO3. The monoisotopic (exact) mass is 223 g/mol. The first-order chi connectivity index (χ1) is 7.68. The van der Waals surface area contributed by atoms with Crippen LogP contribution < -0.4 is 5.32 Å². The van der Waals surface area contributed by atoms with Gasteiger partial charge < -0.3 is 14.5 Å². The van der Waals surface area contributed by atoms with Gasteiger partial charge in [0, 0.05) is 13.1 Å². The van der Waals surface area contributed by atoms with Crippen molar-refractivity contribution in [3.05, 3.63) is 24.2 Å². The molecule has 0 aromatic carbocycles. The lowest BCUT2D eigenvalue weighted by atomic mass is 9.78. The van der Waals surface area contributed by atoms with Crippen molar-refractivity contribution >= 4 is 5.97 Å². The number of esters is 1. The summed E-state index contributed by atoms with van der Waals surface area (Å²) in [7, 11) is 0. The van der Waals surface area contributed by atoms with Crippen molar-refractivity contribution in [1.82, 2.24) is 5.32 Å². The van der Waals surface area contributed by atoms with E-state index < -0.39 is 0 Å². The second-order valence-electron chi connectivity index (χ2n) is 4.33. The predicted octanol–water partition coefficient (Wildman–Crippen LogP) is 1.32. The normalized spacial score (nSPS) is 29.2. The zero-order valence-electron chi connectivity index (χ0n) is 9.66. The standard InChI is InChI=1S/C12H17NO3/c1-3-15-11(14)9-7-13-8-12(9,2)10-5-4-6-16-10/h4-6,9,13H,3,7-8H2,1-2H3. The highest BCUT2D eigenvalue weighted by atomic mass is 16.5. The van der Waals surface area contributed by atoms with Crippen LogP contribution in [-0.4, -0.2) is 25.7 Å². The Morgan fingerprint density at radius 2 is 2.56 bits per heavy atom. The van der Waals surface area contributed by atoms with Gasteiger partial charge >= 0.3 is 5.97 Å². The van der Waals surface area contributed by atoms with Crippen LogP contribution in [0.2, 0.25) is 0 Å². The SMILES string of the molecule is CCOC(=O)C1CNCC1(C)c1ccco1. The Balaban J connectivity index is 2.23. The van der Waals surface area contributed by atoms with Crippen molar-refractivity contribution in [2.75, 3.05) is 19.7 Å². The van der Waals surface area contributed by atoms with E-state index in [1.165, 1.54) is 0 Å². The van der Waals surface area contributed by atoms with E-state index in [2.05, 4.69) is 5.32 Å². The molecule has 1 aliphatic heterocycles. The minimum atomic E-state index is -0.296. The van der Waals surface area contributed by atoms with Crippen LogP contribution in [-0.2, 0) is 14.9 Å². The molecule has 88 valence electrons. The van der Waals surface area contributed by atoms with Gasteiger partial charge in [-0.15, -0.1) is 0 Å². The molecule has 0 saturated carbocycles. The molecule has 0 amide bonds. The summed E-state index contributed by atoms with van der Waals surface area (Å²) in [5, 5.41) is 3.23. The predicted molar refractivity (Wildman–Crippen MR) is 59.1 cm³/mol. The molecule has 0 spiro atoms. The van der Waals surface area contributed by atoms with Crippen molar-refractivity contribution < 1.29 is 13.9 Å². The van der Waals surface area contributed by atoms with Crippen molar-refractivity contribution in [1.29, 1.82) is 0 Å². The molecule has 2 rings (SSSR count). The molecule has 1 aromatic rings. The molecule has 1 aromatic heterocycles. The fraction of sp³-hybridized carbons (Fsp3) is 0.583. The minimum Gasteiger partial charge on any atom is -0.469 e. The summed E-state index contributed by atoms with van der Waals surface area (Å²) in [6.07, 6.45) is 1.64. The van der Waals surface area contributed by atoms with Crippen molar-refractivity contribution in [2.45, 2.75) is 19.3 Å². The van der Waals surface area contributed by atoms with Crippen LogP contribution in [0.4, 0.5) is 0 Å². The molecule has 2 unspecified atom stereocenters. The van der Waals surface area contributed by atoms with E-state index in [1.807, 2.05) is 26.0 Å². The van der Waals surface area contributed by atoms with Gasteiger partial charge in [-0.3, -0.25) is 4.79 Å². The molecule has 1 aliphatic rings. The largest absolute Gasteiger partial charge is 0.469 e. The van der Waals surface area contributed by atoms with Crippen LogP contribution in [0.3, 0.4) is 0 Å². The highest BCUT2D eigenvalue weighted by Crippen LogP contribution is 2.36. The Kier molecular flexibility index (Phi) is 3.01. The Bertz CT molecular complexity index is 360. The molecule has 1 fully saturated rings. The molecule has 4 nitrogen and oxygen atoms in total. The van der Waals surface area contributed by atoms with Gasteiger partial charge in [0.2, 0.25) is 0 Å². The lowest BCUT2D eigenvalue weighted by Crippen LogP contribution is -2.37. The molecule has 1 saturated heterocycles. The molecule has 0 bridgehead atoms. The average molecular weight is 223 g/mol. The number of carbonyl (C=O) groups is 1. The van der Waals surface area contributed by atoms with E-state index in [0.717, 1.165) is 12.3 Å². The summed E-state index contributed by atoms with van der Waals surface area (Å²) in [6, 6.07) is 3.76. The summed E-state index contributed by atoms with van der Waals surface area (Å²) in [4.78, 5) is 11.9.